The average molecular weight is 240 g/mol. The van der Waals surface area contributed by atoms with E-state index in [0.717, 1.165) is 12.8 Å². The lowest BCUT2D eigenvalue weighted by molar-refractivity contribution is 0.862. The highest BCUT2D eigenvalue weighted by Crippen LogP contribution is 2.16. The lowest BCUT2D eigenvalue weighted by Gasteiger charge is -2.07. The molecule has 2 rings (SSSR count). The molecule has 2 N–H and O–H groups in total. The molecule has 1 aromatic carbocycles. The first-order valence-electron chi connectivity index (χ1n) is 6.44. The summed E-state index contributed by atoms with van der Waals surface area (Å²) in [7, 11) is 0. The number of benzene rings is 1. The molecule has 0 saturated carbocycles. The van der Waals surface area contributed by atoms with Gasteiger partial charge in [0, 0.05) is 6.20 Å². The van der Waals surface area contributed by atoms with Crippen molar-refractivity contribution in [1.29, 1.82) is 0 Å². The van der Waals surface area contributed by atoms with Crippen molar-refractivity contribution in [2.45, 2.75) is 32.6 Å². The second kappa shape index (κ2) is 5.67. The molecule has 1 aromatic heterocycles. The smallest absolute Gasteiger partial charge is 0.123 e. The SMILES string of the molecule is CC(C)c1ccc(CCc2ccnc(N)c2)cc1. The first-order chi connectivity index (χ1) is 8.65. The van der Waals surface area contributed by atoms with Crippen LogP contribution in [-0.2, 0) is 12.8 Å². The summed E-state index contributed by atoms with van der Waals surface area (Å²) in [4.78, 5) is 4.00. The van der Waals surface area contributed by atoms with E-state index in [-0.39, 0.29) is 0 Å². The molecule has 0 amide bonds. The maximum Gasteiger partial charge on any atom is 0.123 e. The highest BCUT2D eigenvalue weighted by Gasteiger charge is 2.00. The van der Waals surface area contributed by atoms with Crippen LogP contribution in [0, 0.1) is 0 Å². The molecule has 18 heavy (non-hydrogen) atoms. The van der Waals surface area contributed by atoms with E-state index in [2.05, 4.69) is 43.1 Å². The predicted octanol–water partition coefficient (Wildman–Crippen LogP) is 3.57. The van der Waals surface area contributed by atoms with Crippen molar-refractivity contribution in [2.24, 2.45) is 0 Å². The molecule has 0 aliphatic rings. The number of anilines is 1. The van der Waals surface area contributed by atoms with Gasteiger partial charge >= 0.3 is 0 Å². The van der Waals surface area contributed by atoms with Crippen LogP contribution in [0.2, 0.25) is 0 Å². The molecule has 0 unspecified atom stereocenters. The van der Waals surface area contributed by atoms with Gasteiger partial charge < -0.3 is 5.73 Å². The summed E-state index contributed by atoms with van der Waals surface area (Å²) in [6.07, 6.45) is 3.82. The van der Waals surface area contributed by atoms with Crippen molar-refractivity contribution in [3.8, 4) is 0 Å². The summed E-state index contributed by atoms with van der Waals surface area (Å²) in [6, 6.07) is 12.9. The van der Waals surface area contributed by atoms with Gasteiger partial charge in [-0.05, 0) is 47.6 Å². The highest BCUT2D eigenvalue weighted by molar-refractivity contribution is 5.32. The molecule has 0 radical (unpaired) electrons. The fraction of sp³-hybridized carbons (Fsp3) is 0.312. The number of nitrogens with zero attached hydrogens (tertiary/aromatic N) is 1. The fourth-order valence-corrected chi connectivity index (χ4v) is 2.01. The van der Waals surface area contributed by atoms with Gasteiger partial charge in [0.2, 0.25) is 0 Å². The molecule has 0 bridgehead atoms. The van der Waals surface area contributed by atoms with E-state index in [1.807, 2.05) is 12.1 Å². The number of aromatic nitrogens is 1. The van der Waals surface area contributed by atoms with Gasteiger partial charge in [0.1, 0.15) is 5.82 Å². The molecule has 2 nitrogen and oxygen atoms in total. The standard InChI is InChI=1S/C16H20N2/c1-12(2)15-7-5-13(6-8-15)3-4-14-9-10-18-16(17)11-14/h5-12H,3-4H2,1-2H3,(H2,17,18). The Balaban J connectivity index is 1.98. The van der Waals surface area contributed by atoms with E-state index in [1.165, 1.54) is 16.7 Å². The number of aryl methyl sites for hydroxylation is 2. The van der Waals surface area contributed by atoms with Crippen LogP contribution in [-0.4, -0.2) is 4.98 Å². The molecule has 0 spiro atoms. The Kier molecular flexibility index (Phi) is 3.98. The minimum atomic E-state index is 0.596. The normalized spacial score (nSPS) is 10.8. The number of hydrogen-bond donors (Lipinski definition) is 1. The van der Waals surface area contributed by atoms with Gasteiger partial charge in [-0.2, -0.15) is 0 Å². The first kappa shape index (κ1) is 12.6. The van der Waals surface area contributed by atoms with E-state index in [4.69, 9.17) is 5.73 Å². The quantitative estimate of drug-likeness (QED) is 0.887. The molecule has 0 aliphatic heterocycles. The molecule has 0 fully saturated rings. The van der Waals surface area contributed by atoms with Crippen molar-refractivity contribution in [1.82, 2.24) is 4.98 Å². The van der Waals surface area contributed by atoms with Crippen LogP contribution in [0.3, 0.4) is 0 Å². The van der Waals surface area contributed by atoms with Crippen molar-refractivity contribution >= 4 is 5.82 Å². The third-order valence-corrected chi connectivity index (χ3v) is 3.19. The zero-order valence-electron chi connectivity index (χ0n) is 11.1. The van der Waals surface area contributed by atoms with E-state index in [9.17, 15) is 0 Å². The van der Waals surface area contributed by atoms with E-state index < -0.39 is 0 Å². The number of rotatable bonds is 4. The molecule has 2 heteroatoms. The third-order valence-electron chi connectivity index (χ3n) is 3.19. The van der Waals surface area contributed by atoms with Gasteiger partial charge in [0.05, 0.1) is 0 Å². The summed E-state index contributed by atoms with van der Waals surface area (Å²) in [6.45, 7) is 4.43. The van der Waals surface area contributed by atoms with Crippen LogP contribution in [0.15, 0.2) is 42.6 Å². The zero-order valence-corrected chi connectivity index (χ0v) is 11.1. The number of nitrogen functional groups attached to an aromatic ring is 1. The summed E-state index contributed by atoms with van der Waals surface area (Å²) < 4.78 is 0. The van der Waals surface area contributed by atoms with Crippen molar-refractivity contribution in [3.63, 3.8) is 0 Å². The summed E-state index contributed by atoms with van der Waals surface area (Å²) >= 11 is 0. The second-order valence-corrected chi connectivity index (χ2v) is 4.99. The van der Waals surface area contributed by atoms with E-state index >= 15 is 0 Å². The predicted molar refractivity (Wildman–Crippen MR) is 76.6 cm³/mol. The van der Waals surface area contributed by atoms with Gasteiger partial charge in [-0.3, -0.25) is 0 Å². The Morgan fingerprint density at radius 1 is 1.00 bits per heavy atom. The van der Waals surface area contributed by atoms with Gasteiger partial charge in [-0.15, -0.1) is 0 Å². The molecular formula is C16H20N2. The maximum atomic E-state index is 5.67. The number of hydrogen-bond acceptors (Lipinski definition) is 2. The first-order valence-corrected chi connectivity index (χ1v) is 6.44. The fourth-order valence-electron chi connectivity index (χ4n) is 2.01. The van der Waals surface area contributed by atoms with E-state index in [1.54, 1.807) is 6.20 Å². The van der Waals surface area contributed by atoms with Gasteiger partial charge in [0.15, 0.2) is 0 Å². The second-order valence-electron chi connectivity index (χ2n) is 4.99. The molecule has 94 valence electrons. The Hall–Kier alpha value is -1.83. The van der Waals surface area contributed by atoms with Crippen LogP contribution >= 0.6 is 0 Å². The van der Waals surface area contributed by atoms with Crippen LogP contribution in [0.25, 0.3) is 0 Å². The third kappa shape index (κ3) is 3.33. The number of nitrogens with two attached hydrogens (primary N) is 1. The van der Waals surface area contributed by atoms with Crippen LogP contribution in [0.5, 0.6) is 0 Å². The maximum absolute atomic E-state index is 5.67. The molecule has 0 atom stereocenters. The van der Waals surface area contributed by atoms with Crippen molar-refractivity contribution < 1.29 is 0 Å². The molecule has 0 saturated heterocycles. The Labute approximate surface area is 109 Å². The molecule has 0 aliphatic carbocycles. The summed E-state index contributed by atoms with van der Waals surface area (Å²) in [5, 5.41) is 0. The van der Waals surface area contributed by atoms with Gasteiger partial charge in [-0.1, -0.05) is 38.1 Å². The minimum absolute atomic E-state index is 0.596. The summed E-state index contributed by atoms with van der Waals surface area (Å²) in [5.74, 6) is 1.20. The summed E-state index contributed by atoms with van der Waals surface area (Å²) in [5.41, 5.74) is 9.68. The van der Waals surface area contributed by atoms with Crippen LogP contribution in [0.1, 0.15) is 36.5 Å². The Bertz CT molecular complexity index is 501. The lowest BCUT2D eigenvalue weighted by atomic mass is 9.99. The van der Waals surface area contributed by atoms with Crippen molar-refractivity contribution in [2.75, 3.05) is 5.73 Å². The van der Waals surface area contributed by atoms with Gasteiger partial charge in [0.25, 0.3) is 0 Å². The zero-order chi connectivity index (χ0) is 13.0. The Morgan fingerprint density at radius 2 is 1.67 bits per heavy atom. The molecule has 1 heterocycles. The van der Waals surface area contributed by atoms with Crippen LogP contribution < -0.4 is 5.73 Å². The topological polar surface area (TPSA) is 38.9 Å². The largest absolute Gasteiger partial charge is 0.384 e. The highest BCUT2D eigenvalue weighted by atomic mass is 14.8. The monoisotopic (exact) mass is 240 g/mol. The lowest BCUT2D eigenvalue weighted by Crippen LogP contribution is -1.95. The number of pyridine rings is 1. The molecular weight excluding hydrogens is 220 g/mol. The van der Waals surface area contributed by atoms with E-state index in [0.29, 0.717) is 11.7 Å². The minimum Gasteiger partial charge on any atom is -0.384 e. The van der Waals surface area contributed by atoms with Gasteiger partial charge in [-0.25, -0.2) is 4.98 Å². The average Bonchev–Trinajstić information content (AvgIpc) is 2.37. The van der Waals surface area contributed by atoms with Crippen molar-refractivity contribution in [3.05, 3.63) is 59.3 Å². The molecule has 2 aromatic rings. The Morgan fingerprint density at radius 3 is 2.28 bits per heavy atom. The van der Waals surface area contributed by atoms with Crippen LogP contribution in [0.4, 0.5) is 5.82 Å².